The second-order valence-electron chi connectivity index (χ2n) is 3.55. The van der Waals surface area contributed by atoms with E-state index in [1.54, 1.807) is 6.07 Å². The van der Waals surface area contributed by atoms with Crippen LogP contribution in [0.4, 0.5) is 4.39 Å². The van der Waals surface area contributed by atoms with Crippen LogP contribution >= 0.6 is 11.6 Å². The maximum absolute atomic E-state index is 13.6. The van der Waals surface area contributed by atoms with Gasteiger partial charge in [0.25, 0.3) is 0 Å². The van der Waals surface area contributed by atoms with E-state index in [1.165, 1.54) is 12.1 Å². The van der Waals surface area contributed by atoms with Gasteiger partial charge < -0.3 is 5.73 Å². The molecule has 0 aliphatic heterocycles. The molecule has 3 heteroatoms. The highest BCUT2D eigenvalue weighted by atomic mass is 35.5. The van der Waals surface area contributed by atoms with Gasteiger partial charge in [-0.15, -0.1) is 0 Å². The Kier molecular flexibility index (Phi) is 3.22. The second-order valence-corrected chi connectivity index (χ2v) is 3.99. The third-order valence-electron chi connectivity index (χ3n) is 2.45. The maximum atomic E-state index is 13.6. The van der Waals surface area contributed by atoms with E-state index in [1.807, 2.05) is 30.3 Å². The van der Waals surface area contributed by atoms with Crippen LogP contribution in [0.1, 0.15) is 17.2 Å². The molecule has 82 valence electrons. The lowest BCUT2D eigenvalue weighted by Gasteiger charge is -2.13. The van der Waals surface area contributed by atoms with Crippen molar-refractivity contribution in [2.75, 3.05) is 0 Å². The van der Waals surface area contributed by atoms with Crippen molar-refractivity contribution in [3.8, 4) is 0 Å². The first-order valence-electron chi connectivity index (χ1n) is 4.94. The van der Waals surface area contributed by atoms with E-state index in [0.29, 0.717) is 10.6 Å². The minimum Gasteiger partial charge on any atom is -0.320 e. The molecule has 0 bridgehead atoms. The highest BCUT2D eigenvalue weighted by Gasteiger charge is 2.13. The molecular weight excluding hydrogens is 225 g/mol. The molecule has 0 radical (unpaired) electrons. The molecule has 1 atom stereocenters. The fraction of sp³-hybridized carbons (Fsp3) is 0.0769. The van der Waals surface area contributed by atoms with Gasteiger partial charge in [0.2, 0.25) is 0 Å². The molecule has 1 unspecified atom stereocenters. The molecule has 2 N–H and O–H groups in total. The molecule has 0 spiro atoms. The molecule has 0 heterocycles. The topological polar surface area (TPSA) is 26.0 Å². The van der Waals surface area contributed by atoms with Crippen molar-refractivity contribution in [2.24, 2.45) is 5.73 Å². The summed E-state index contributed by atoms with van der Waals surface area (Å²) in [4.78, 5) is 0. The normalized spacial score (nSPS) is 12.4. The molecular formula is C13H11ClFN. The lowest BCUT2D eigenvalue weighted by atomic mass is 9.99. The minimum atomic E-state index is -0.486. The van der Waals surface area contributed by atoms with Crippen molar-refractivity contribution in [2.45, 2.75) is 6.04 Å². The Balaban J connectivity index is 2.41. The zero-order valence-corrected chi connectivity index (χ0v) is 9.29. The van der Waals surface area contributed by atoms with Gasteiger partial charge in [-0.05, 0) is 23.8 Å². The molecule has 1 nitrogen and oxygen atoms in total. The van der Waals surface area contributed by atoms with Crippen LogP contribution in [0.15, 0.2) is 48.5 Å². The van der Waals surface area contributed by atoms with E-state index in [0.717, 1.165) is 5.56 Å². The highest BCUT2D eigenvalue weighted by Crippen LogP contribution is 2.24. The van der Waals surface area contributed by atoms with E-state index in [4.69, 9.17) is 17.3 Å². The number of benzene rings is 2. The summed E-state index contributed by atoms with van der Waals surface area (Å²) in [5.41, 5.74) is 7.27. The Hall–Kier alpha value is -1.38. The molecule has 0 amide bonds. The van der Waals surface area contributed by atoms with E-state index >= 15 is 0 Å². The van der Waals surface area contributed by atoms with Gasteiger partial charge in [0.1, 0.15) is 5.82 Å². The van der Waals surface area contributed by atoms with Gasteiger partial charge >= 0.3 is 0 Å². The predicted molar refractivity (Wildman–Crippen MR) is 63.9 cm³/mol. The number of nitrogens with two attached hydrogens (primary N) is 1. The predicted octanol–water partition coefficient (Wildman–Crippen LogP) is 3.53. The van der Waals surface area contributed by atoms with Crippen LogP contribution in [-0.4, -0.2) is 0 Å². The third kappa shape index (κ3) is 2.23. The molecule has 0 saturated carbocycles. The highest BCUT2D eigenvalue weighted by molar-refractivity contribution is 6.30. The molecule has 0 aliphatic rings. The summed E-state index contributed by atoms with van der Waals surface area (Å²) in [5.74, 6) is -0.333. The van der Waals surface area contributed by atoms with E-state index in [-0.39, 0.29) is 5.82 Å². The van der Waals surface area contributed by atoms with Crippen molar-refractivity contribution >= 4 is 11.6 Å². The molecule has 2 aromatic rings. The second kappa shape index (κ2) is 4.64. The zero-order valence-electron chi connectivity index (χ0n) is 8.53. The quantitative estimate of drug-likeness (QED) is 0.847. The average Bonchev–Trinajstić information content (AvgIpc) is 2.32. The lowest BCUT2D eigenvalue weighted by Crippen LogP contribution is -2.13. The molecule has 0 saturated heterocycles. The Morgan fingerprint density at radius 1 is 1.06 bits per heavy atom. The molecule has 2 rings (SSSR count). The van der Waals surface area contributed by atoms with E-state index in [2.05, 4.69) is 0 Å². The van der Waals surface area contributed by atoms with Crippen LogP contribution in [0.3, 0.4) is 0 Å². The van der Waals surface area contributed by atoms with Gasteiger partial charge in [0.15, 0.2) is 0 Å². The first-order valence-corrected chi connectivity index (χ1v) is 5.32. The van der Waals surface area contributed by atoms with Gasteiger partial charge in [0.05, 0.1) is 6.04 Å². The van der Waals surface area contributed by atoms with Crippen LogP contribution in [0.5, 0.6) is 0 Å². The summed E-state index contributed by atoms with van der Waals surface area (Å²) < 4.78 is 13.6. The smallest absolute Gasteiger partial charge is 0.128 e. The Bertz CT molecular complexity index is 485. The first kappa shape index (κ1) is 11.1. The SMILES string of the molecule is NC(c1ccccc1)c1cc(Cl)ccc1F. The summed E-state index contributed by atoms with van der Waals surface area (Å²) in [6.45, 7) is 0. The number of hydrogen-bond donors (Lipinski definition) is 1. The van der Waals surface area contributed by atoms with Crippen molar-refractivity contribution in [1.29, 1.82) is 0 Å². The Morgan fingerprint density at radius 3 is 2.44 bits per heavy atom. The first-order chi connectivity index (χ1) is 7.68. The van der Waals surface area contributed by atoms with Crippen molar-refractivity contribution < 1.29 is 4.39 Å². The van der Waals surface area contributed by atoms with Crippen molar-refractivity contribution in [1.82, 2.24) is 0 Å². The monoisotopic (exact) mass is 235 g/mol. The van der Waals surface area contributed by atoms with Gasteiger partial charge in [-0.1, -0.05) is 41.9 Å². The van der Waals surface area contributed by atoms with Gasteiger partial charge in [0, 0.05) is 10.6 Å². The van der Waals surface area contributed by atoms with Crippen molar-refractivity contribution in [3.63, 3.8) is 0 Å². The number of hydrogen-bond acceptors (Lipinski definition) is 1. The Morgan fingerprint density at radius 2 is 1.75 bits per heavy atom. The van der Waals surface area contributed by atoms with E-state index < -0.39 is 6.04 Å². The standard InChI is InChI=1S/C13H11ClFN/c14-10-6-7-12(15)11(8-10)13(16)9-4-2-1-3-5-9/h1-8,13H,16H2. The fourth-order valence-electron chi connectivity index (χ4n) is 1.59. The summed E-state index contributed by atoms with van der Waals surface area (Å²) in [6.07, 6.45) is 0. The van der Waals surface area contributed by atoms with Crippen LogP contribution in [0.25, 0.3) is 0 Å². The molecule has 0 aromatic heterocycles. The van der Waals surface area contributed by atoms with Crippen LogP contribution in [0.2, 0.25) is 5.02 Å². The van der Waals surface area contributed by atoms with E-state index in [9.17, 15) is 4.39 Å². The average molecular weight is 236 g/mol. The summed E-state index contributed by atoms with van der Waals surface area (Å²) in [6, 6.07) is 13.3. The van der Waals surface area contributed by atoms with Gasteiger partial charge in [-0.3, -0.25) is 0 Å². The van der Waals surface area contributed by atoms with Crippen LogP contribution < -0.4 is 5.73 Å². The van der Waals surface area contributed by atoms with Gasteiger partial charge in [-0.25, -0.2) is 4.39 Å². The van der Waals surface area contributed by atoms with Gasteiger partial charge in [-0.2, -0.15) is 0 Å². The van der Waals surface area contributed by atoms with Crippen LogP contribution in [-0.2, 0) is 0 Å². The molecule has 2 aromatic carbocycles. The number of halogens is 2. The summed E-state index contributed by atoms with van der Waals surface area (Å²) in [7, 11) is 0. The molecule has 0 aliphatic carbocycles. The third-order valence-corrected chi connectivity index (χ3v) is 2.69. The molecule has 16 heavy (non-hydrogen) atoms. The number of rotatable bonds is 2. The summed E-state index contributed by atoms with van der Waals surface area (Å²) >= 11 is 5.83. The van der Waals surface area contributed by atoms with Crippen molar-refractivity contribution in [3.05, 3.63) is 70.5 Å². The Labute approximate surface area is 98.7 Å². The fourth-order valence-corrected chi connectivity index (χ4v) is 1.77. The largest absolute Gasteiger partial charge is 0.320 e. The summed E-state index contributed by atoms with van der Waals surface area (Å²) in [5, 5.41) is 0.489. The van der Waals surface area contributed by atoms with Crippen LogP contribution in [0, 0.1) is 5.82 Å². The minimum absolute atomic E-state index is 0.333. The molecule has 0 fully saturated rings. The maximum Gasteiger partial charge on any atom is 0.128 e. The zero-order chi connectivity index (χ0) is 11.5. The lowest BCUT2D eigenvalue weighted by molar-refractivity contribution is 0.600.